The average Bonchev–Trinajstić information content (AvgIpc) is 2.72. The smallest absolute Gasteiger partial charge is 0.0191 e. The summed E-state index contributed by atoms with van der Waals surface area (Å²) in [6, 6.07) is 8.71. The minimum Gasteiger partial charge on any atom is -0.0659 e. The van der Waals surface area contributed by atoms with Crippen molar-refractivity contribution in [1.82, 2.24) is 0 Å². The first-order valence-corrected chi connectivity index (χ1v) is 4.53. The number of hydrogen-bond donors (Lipinski definition) is 0. The molecule has 62 valence electrons. The number of aryl methyl sites for hydroxylation is 1. The highest BCUT2D eigenvalue weighted by Crippen LogP contribution is 2.38. The molecule has 1 fully saturated rings. The molecular formula is C12H14. The molecule has 0 aromatic heterocycles. The van der Waals surface area contributed by atoms with Crippen LogP contribution in [0.4, 0.5) is 0 Å². The zero-order chi connectivity index (χ0) is 8.55. The van der Waals surface area contributed by atoms with Crippen LogP contribution in [-0.4, -0.2) is 0 Å². The molecule has 1 atom stereocenters. The molecule has 0 heterocycles. The highest BCUT2D eigenvalue weighted by Gasteiger charge is 2.23. The van der Waals surface area contributed by atoms with E-state index in [-0.39, 0.29) is 0 Å². The largest absolute Gasteiger partial charge is 0.0659 e. The van der Waals surface area contributed by atoms with E-state index < -0.39 is 0 Å². The fourth-order valence-corrected chi connectivity index (χ4v) is 1.37. The summed E-state index contributed by atoms with van der Waals surface area (Å²) in [4.78, 5) is 0. The van der Waals surface area contributed by atoms with Crippen molar-refractivity contribution in [2.45, 2.75) is 20.3 Å². The quantitative estimate of drug-likeness (QED) is 0.587. The van der Waals surface area contributed by atoms with Gasteiger partial charge in [0.25, 0.3) is 0 Å². The van der Waals surface area contributed by atoms with E-state index in [2.05, 4.69) is 44.2 Å². The molecular weight excluding hydrogens is 144 g/mol. The predicted molar refractivity (Wildman–Crippen MR) is 52.9 cm³/mol. The first kappa shape index (κ1) is 7.60. The van der Waals surface area contributed by atoms with Crippen molar-refractivity contribution in [1.29, 1.82) is 0 Å². The third kappa shape index (κ3) is 1.58. The Labute approximate surface area is 73.9 Å². The van der Waals surface area contributed by atoms with Crippen molar-refractivity contribution in [3.8, 4) is 0 Å². The van der Waals surface area contributed by atoms with Crippen molar-refractivity contribution < 1.29 is 0 Å². The van der Waals surface area contributed by atoms with Gasteiger partial charge in [0.05, 0.1) is 0 Å². The van der Waals surface area contributed by atoms with E-state index in [0.29, 0.717) is 0 Å². The summed E-state index contributed by atoms with van der Waals surface area (Å²) < 4.78 is 0. The van der Waals surface area contributed by atoms with Crippen molar-refractivity contribution in [3.63, 3.8) is 0 Å². The van der Waals surface area contributed by atoms with Gasteiger partial charge in [0.15, 0.2) is 0 Å². The number of rotatable bonds is 1. The molecule has 2 rings (SSSR count). The molecule has 1 aliphatic carbocycles. The van der Waals surface area contributed by atoms with Gasteiger partial charge in [0, 0.05) is 0 Å². The molecule has 0 bridgehead atoms. The van der Waals surface area contributed by atoms with E-state index in [9.17, 15) is 0 Å². The first-order valence-electron chi connectivity index (χ1n) is 4.53. The molecule has 0 heteroatoms. The van der Waals surface area contributed by atoms with Crippen LogP contribution < -0.4 is 0 Å². The topological polar surface area (TPSA) is 0 Å². The second kappa shape index (κ2) is 2.78. The number of hydrogen-bond acceptors (Lipinski definition) is 0. The standard InChI is InChI=1S/C12H14/c1-9-3-5-11(6-4-9)8-12-7-10(12)2/h3-6,8,10H,7H2,1-2H3. The van der Waals surface area contributed by atoms with Crippen LogP contribution in [-0.2, 0) is 0 Å². The van der Waals surface area contributed by atoms with E-state index in [1.54, 1.807) is 5.57 Å². The van der Waals surface area contributed by atoms with Gasteiger partial charge in [-0.1, -0.05) is 48.4 Å². The summed E-state index contributed by atoms with van der Waals surface area (Å²) in [7, 11) is 0. The Morgan fingerprint density at radius 2 is 1.83 bits per heavy atom. The molecule has 12 heavy (non-hydrogen) atoms. The zero-order valence-electron chi connectivity index (χ0n) is 7.67. The second-order valence-corrected chi connectivity index (χ2v) is 3.74. The van der Waals surface area contributed by atoms with Crippen LogP contribution in [0.3, 0.4) is 0 Å². The number of benzene rings is 1. The van der Waals surface area contributed by atoms with E-state index >= 15 is 0 Å². The molecule has 1 aromatic rings. The molecule has 1 aliphatic rings. The van der Waals surface area contributed by atoms with Crippen LogP contribution in [0.25, 0.3) is 6.08 Å². The predicted octanol–water partition coefficient (Wildman–Crippen LogP) is 3.42. The maximum Gasteiger partial charge on any atom is -0.0191 e. The van der Waals surface area contributed by atoms with Gasteiger partial charge in [-0.25, -0.2) is 0 Å². The monoisotopic (exact) mass is 158 g/mol. The fourth-order valence-electron chi connectivity index (χ4n) is 1.37. The van der Waals surface area contributed by atoms with Gasteiger partial charge in [-0.15, -0.1) is 0 Å². The van der Waals surface area contributed by atoms with Crippen LogP contribution in [0.15, 0.2) is 29.8 Å². The van der Waals surface area contributed by atoms with E-state index in [1.807, 2.05) is 0 Å². The molecule has 1 unspecified atom stereocenters. The van der Waals surface area contributed by atoms with E-state index in [0.717, 1.165) is 5.92 Å². The van der Waals surface area contributed by atoms with Crippen LogP contribution in [0.5, 0.6) is 0 Å². The summed E-state index contributed by atoms with van der Waals surface area (Å²) in [5.41, 5.74) is 4.28. The molecule has 0 aliphatic heterocycles. The van der Waals surface area contributed by atoms with Crippen LogP contribution >= 0.6 is 0 Å². The van der Waals surface area contributed by atoms with Gasteiger partial charge in [-0.2, -0.15) is 0 Å². The number of allylic oxidation sites excluding steroid dienone is 1. The maximum absolute atomic E-state index is 2.31. The highest BCUT2D eigenvalue weighted by molar-refractivity contribution is 5.57. The van der Waals surface area contributed by atoms with Gasteiger partial charge < -0.3 is 0 Å². The lowest BCUT2D eigenvalue weighted by molar-refractivity contribution is 1.02. The van der Waals surface area contributed by atoms with Crippen LogP contribution in [0, 0.1) is 12.8 Å². The summed E-state index contributed by atoms with van der Waals surface area (Å²) in [6.45, 7) is 4.40. The van der Waals surface area contributed by atoms with Gasteiger partial charge >= 0.3 is 0 Å². The SMILES string of the molecule is Cc1ccc(C=C2CC2C)cc1. The Hall–Kier alpha value is -1.04. The molecule has 0 amide bonds. The molecule has 0 nitrogen and oxygen atoms in total. The molecule has 0 N–H and O–H groups in total. The molecule has 1 aromatic carbocycles. The van der Waals surface area contributed by atoms with Crippen molar-refractivity contribution >= 4 is 6.08 Å². The Morgan fingerprint density at radius 3 is 2.33 bits per heavy atom. The Bertz CT molecular complexity index is 303. The molecule has 0 spiro atoms. The zero-order valence-corrected chi connectivity index (χ0v) is 7.67. The van der Waals surface area contributed by atoms with Gasteiger partial charge in [-0.3, -0.25) is 0 Å². The Balaban J connectivity index is 2.20. The lowest BCUT2D eigenvalue weighted by Crippen LogP contribution is -1.73. The third-order valence-electron chi connectivity index (χ3n) is 2.44. The summed E-state index contributed by atoms with van der Waals surface area (Å²) in [6.07, 6.45) is 3.61. The Morgan fingerprint density at radius 1 is 1.25 bits per heavy atom. The Kier molecular flexibility index (Phi) is 1.76. The highest BCUT2D eigenvalue weighted by atomic mass is 14.3. The molecule has 1 saturated carbocycles. The summed E-state index contributed by atoms with van der Waals surface area (Å²) in [5.74, 6) is 0.839. The molecule has 0 saturated heterocycles. The minimum atomic E-state index is 0.839. The van der Waals surface area contributed by atoms with Gasteiger partial charge in [-0.05, 0) is 24.8 Å². The summed E-state index contributed by atoms with van der Waals surface area (Å²) >= 11 is 0. The third-order valence-corrected chi connectivity index (χ3v) is 2.44. The van der Waals surface area contributed by atoms with Gasteiger partial charge in [0.1, 0.15) is 0 Å². The maximum atomic E-state index is 2.31. The van der Waals surface area contributed by atoms with Crippen LogP contribution in [0.1, 0.15) is 24.5 Å². The van der Waals surface area contributed by atoms with Crippen molar-refractivity contribution in [2.24, 2.45) is 5.92 Å². The van der Waals surface area contributed by atoms with E-state index in [1.165, 1.54) is 17.5 Å². The second-order valence-electron chi connectivity index (χ2n) is 3.74. The van der Waals surface area contributed by atoms with E-state index in [4.69, 9.17) is 0 Å². The molecule has 0 radical (unpaired) electrons. The lowest BCUT2D eigenvalue weighted by atomic mass is 10.1. The lowest BCUT2D eigenvalue weighted by Gasteiger charge is -1.93. The van der Waals surface area contributed by atoms with Crippen molar-refractivity contribution in [2.75, 3.05) is 0 Å². The first-order chi connectivity index (χ1) is 5.75. The van der Waals surface area contributed by atoms with Crippen molar-refractivity contribution in [3.05, 3.63) is 41.0 Å². The average molecular weight is 158 g/mol. The van der Waals surface area contributed by atoms with Crippen LogP contribution in [0.2, 0.25) is 0 Å². The minimum absolute atomic E-state index is 0.839. The summed E-state index contributed by atoms with van der Waals surface area (Å²) in [5, 5.41) is 0. The fraction of sp³-hybridized carbons (Fsp3) is 0.333. The normalized spacial score (nSPS) is 24.5. The van der Waals surface area contributed by atoms with Gasteiger partial charge in [0.2, 0.25) is 0 Å².